The predicted molar refractivity (Wildman–Crippen MR) is 159 cm³/mol. The quantitative estimate of drug-likeness (QED) is 0.240. The highest BCUT2D eigenvalue weighted by atomic mass is 19.4. The maximum Gasteiger partial charge on any atom is 0.424 e. The number of nitrogens with one attached hydrogen (secondary N) is 2. The topological polar surface area (TPSA) is 92.7 Å². The molecule has 5 rings (SSSR count). The molecule has 7 nitrogen and oxygen atoms in total. The molecular formula is C33H39F4N3O4. The second-order valence-electron chi connectivity index (χ2n) is 10.9. The Bertz CT molecular complexity index is 1460. The largest absolute Gasteiger partial charge is 0.493 e. The highest BCUT2D eigenvalue weighted by molar-refractivity contribution is 5.95. The minimum atomic E-state index is -5.18. The average Bonchev–Trinajstić information content (AvgIpc) is 3.86. The van der Waals surface area contributed by atoms with Crippen molar-refractivity contribution in [3.63, 3.8) is 0 Å². The fraction of sp³-hybridized carbons (Fsp3) is 0.455. The average molecular weight is 618 g/mol. The first kappa shape index (κ1) is 33.2. The molecule has 0 spiro atoms. The van der Waals surface area contributed by atoms with Crippen molar-refractivity contribution in [2.75, 3.05) is 26.7 Å². The number of piperidine rings is 1. The zero-order valence-electron chi connectivity index (χ0n) is 25.4. The minimum absolute atomic E-state index is 0.0402. The number of pyridine rings is 1. The van der Waals surface area contributed by atoms with E-state index in [2.05, 4.69) is 15.6 Å². The monoisotopic (exact) mass is 617 g/mol. The molecule has 1 atom stereocenters. The molecule has 1 aromatic heterocycles. The van der Waals surface area contributed by atoms with E-state index < -0.39 is 35.7 Å². The van der Waals surface area contributed by atoms with E-state index in [-0.39, 0.29) is 29.0 Å². The first-order valence-electron chi connectivity index (χ1n) is 14.9. The van der Waals surface area contributed by atoms with E-state index in [1.54, 1.807) is 13.0 Å². The number of benzene rings is 2. The SMILES string of the molecule is CC.COc1cc(C(=O)NCC(O)(c2cc(C3CCNCC3)cc(-c3ccc(F)c(C)c3)n2)C(F)(F)F)ccc1OC1CC1. The third-order valence-corrected chi connectivity index (χ3v) is 7.75. The number of aliphatic hydroxyl groups is 1. The van der Waals surface area contributed by atoms with Gasteiger partial charge in [-0.15, -0.1) is 0 Å². The molecule has 2 aromatic carbocycles. The molecule has 1 aliphatic carbocycles. The molecule has 1 saturated heterocycles. The number of rotatable bonds is 9. The van der Waals surface area contributed by atoms with Gasteiger partial charge in [-0.1, -0.05) is 13.8 Å². The van der Waals surface area contributed by atoms with Crippen LogP contribution in [0.4, 0.5) is 17.6 Å². The zero-order chi connectivity index (χ0) is 32.1. The molecule has 44 heavy (non-hydrogen) atoms. The molecule has 0 bridgehead atoms. The number of ether oxygens (including phenoxy) is 2. The number of aromatic nitrogens is 1. The van der Waals surface area contributed by atoms with Crippen molar-refractivity contribution in [3.8, 4) is 22.8 Å². The molecular weight excluding hydrogens is 578 g/mol. The van der Waals surface area contributed by atoms with Crippen molar-refractivity contribution in [2.24, 2.45) is 0 Å². The lowest BCUT2D eigenvalue weighted by Crippen LogP contribution is -2.51. The summed E-state index contributed by atoms with van der Waals surface area (Å²) in [4.78, 5) is 17.2. The van der Waals surface area contributed by atoms with Gasteiger partial charge in [-0.25, -0.2) is 9.37 Å². The summed E-state index contributed by atoms with van der Waals surface area (Å²) in [6.07, 6.45) is -1.90. The van der Waals surface area contributed by atoms with E-state index >= 15 is 0 Å². The van der Waals surface area contributed by atoms with Crippen LogP contribution >= 0.6 is 0 Å². The molecule has 11 heteroatoms. The van der Waals surface area contributed by atoms with Gasteiger partial charge in [0, 0.05) is 11.1 Å². The minimum Gasteiger partial charge on any atom is -0.493 e. The van der Waals surface area contributed by atoms with Crippen molar-refractivity contribution in [1.82, 2.24) is 15.6 Å². The summed E-state index contributed by atoms with van der Waals surface area (Å²) in [5.74, 6) is -0.643. The molecule has 3 aromatic rings. The number of nitrogens with zero attached hydrogens (tertiary/aromatic N) is 1. The molecule has 0 radical (unpaired) electrons. The lowest BCUT2D eigenvalue weighted by atomic mass is 9.86. The Labute approximate surface area is 255 Å². The molecule has 3 N–H and O–H groups in total. The number of halogens is 4. The van der Waals surface area contributed by atoms with Gasteiger partial charge in [0.05, 0.1) is 31.1 Å². The van der Waals surface area contributed by atoms with Gasteiger partial charge in [0.15, 0.2) is 11.5 Å². The normalized spacial score (nSPS) is 16.8. The summed E-state index contributed by atoms with van der Waals surface area (Å²) >= 11 is 0. The van der Waals surface area contributed by atoms with Gasteiger partial charge in [-0.05, 0) is 111 Å². The second-order valence-corrected chi connectivity index (χ2v) is 10.9. The van der Waals surface area contributed by atoms with E-state index in [0.717, 1.165) is 12.8 Å². The molecule has 1 amide bonds. The smallest absolute Gasteiger partial charge is 0.424 e. The van der Waals surface area contributed by atoms with Crippen LogP contribution in [0.25, 0.3) is 11.3 Å². The fourth-order valence-corrected chi connectivity index (χ4v) is 5.02. The van der Waals surface area contributed by atoms with Gasteiger partial charge in [0.1, 0.15) is 5.82 Å². The maximum absolute atomic E-state index is 14.6. The molecule has 1 aliphatic heterocycles. The van der Waals surface area contributed by atoms with Gasteiger partial charge in [-0.3, -0.25) is 4.79 Å². The van der Waals surface area contributed by atoms with Crippen LogP contribution in [0.15, 0.2) is 48.5 Å². The van der Waals surface area contributed by atoms with E-state index in [4.69, 9.17) is 9.47 Å². The van der Waals surface area contributed by atoms with Gasteiger partial charge in [-0.2, -0.15) is 13.2 Å². The third-order valence-electron chi connectivity index (χ3n) is 7.75. The number of hydrogen-bond acceptors (Lipinski definition) is 6. The van der Waals surface area contributed by atoms with Gasteiger partial charge < -0.3 is 25.2 Å². The maximum atomic E-state index is 14.6. The summed E-state index contributed by atoms with van der Waals surface area (Å²) in [7, 11) is 1.40. The Morgan fingerprint density at radius 1 is 1.02 bits per heavy atom. The Hall–Kier alpha value is -3.70. The van der Waals surface area contributed by atoms with E-state index in [1.807, 2.05) is 13.8 Å². The molecule has 1 saturated carbocycles. The first-order valence-corrected chi connectivity index (χ1v) is 14.9. The van der Waals surface area contributed by atoms with Crippen molar-refractivity contribution in [2.45, 2.75) is 70.3 Å². The fourth-order valence-electron chi connectivity index (χ4n) is 5.02. The molecule has 2 fully saturated rings. The Kier molecular flexibility index (Phi) is 10.5. The summed E-state index contributed by atoms with van der Waals surface area (Å²) in [5, 5.41) is 16.7. The van der Waals surface area contributed by atoms with Gasteiger partial charge in [0.25, 0.3) is 5.91 Å². The van der Waals surface area contributed by atoms with E-state index in [1.165, 1.54) is 49.6 Å². The number of carbonyl (C=O) groups is 1. The Balaban J connectivity index is 0.00000216. The second kappa shape index (κ2) is 13.9. The molecule has 1 unspecified atom stereocenters. The van der Waals surface area contributed by atoms with Crippen LogP contribution < -0.4 is 20.1 Å². The van der Waals surface area contributed by atoms with Gasteiger partial charge in [0.2, 0.25) is 5.60 Å². The van der Waals surface area contributed by atoms with Crippen LogP contribution in [0.5, 0.6) is 11.5 Å². The van der Waals surface area contributed by atoms with Crippen LogP contribution in [0.3, 0.4) is 0 Å². The van der Waals surface area contributed by atoms with Crippen molar-refractivity contribution in [3.05, 3.63) is 76.7 Å². The lowest BCUT2D eigenvalue weighted by Gasteiger charge is -2.32. The highest BCUT2D eigenvalue weighted by Crippen LogP contribution is 2.41. The van der Waals surface area contributed by atoms with Crippen molar-refractivity contribution < 1.29 is 36.9 Å². The van der Waals surface area contributed by atoms with E-state index in [9.17, 15) is 27.5 Å². The van der Waals surface area contributed by atoms with Crippen LogP contribution in [0.2, 0.25) is 0 Å². The summed E-state index contributed by atoms with van der Waals surface area (Å²) < 4.78 is 68.9. The molecule has 2 aliphatic rings. The Morgan fingerprint density at radius 3 is 2.34 bits per heavy atom. The van der Waals surface area contributed by atoms with Crippen LogP contribution in [0, 0.1) is 12.7 Å². The summed E-state index contributed by atoms with van der Waals surface area (Å²) in [6, 6.07) is 11.5. The number of carbonyl (C=O) groups excluding carboxylic acids is 1. The van der Waals surface area contributed by atoms with Crippen LogP contribution in [-0.4, -0.2) is 55.0 Å². The summed E-state index contributed by atoms with van der Waals surface area (Å²) in [6.45, 7) is 5.77. The van der Waals surface area contributed by atoms with Gasteiger partial charge >= 0.3 is 6.18 Å². The lowest BCUT2D eigenvalue weighted by molar-refractivity contribution is -0.265. The van der Waals surface area contributed by atoms with Crippen molar-refractivity contribution >= 4 is 5.91 Å². The standard InChI is InChI=1S/C31H33F4N3O4.C2H6/c1-18-13-20(3-7-24(18)32)25-14-22(19-9-11-36-12-10-19)16-28(38-25)30(40,31(33,34)35)17-37-29(39)21-4-8-26(27(15-21)41-2)42-23-5-6-23;1-2/h3-4,7-8,13-16,19,23,36,40H,5-6,9-12,17H2,1-2H3,(H,37,39);1-2H3. The Morgan fingerprint density at radius 2 is 1.73 bits per heavy atom. The zero-order valence-corrected chi connectivity index (χ0v) is 25.4. The first-order chi connectivity index (χ1) is 21.0. The summed E-state index contributed by atoms with van der Waals surface area (Å²) in [5.41, 5.74) is -2.62. The van der Waals surface area contributed by atoms with Crippen LogP contribution in [0.1, 0.15) is 72.6 Å². The highest BCUT2D eigenvalue weighted by Gasteiger charge is 2.56. The third kappa shape index (κ3) is 7.50. The number of hydrogen-bond donors (Lipinski definition) is 3. The molecule has 238 valence electrons. The number of methoxy groups -OCH3 is 1. The van der Waals surface area contributed by atoms with Crippen molar-refractivity contribution in [1.29, 1.82) is 0 Å². The van der Waals surface area contributed by atoms with Crippen LogP contribution in [-0.2, 0) is 5.60 Å². The van der Waals surface area contributed by atoms with E-state index in [0.29, 0.717) is 48.4 Å². The predicted octanol–water partition coefficient (Wildman–Crippen LogP) is 6.42. The molecule has 2 heterocycles. The number of alkyl halides is 3. The number of aryl methyl sites for hydroxylation is 1. The number of amides is 1.